The molecule has 1 atom stereocenters. The highest BCUT2D eigenvalue weighted by molar-refractivity contribution is 6.30. The first-order chi connectivity index (χ1) is 12.9. The van der Waals surface area contributed by atoms with E-state index < -0.39 is 6.04 Å². The summed E-state index contributed by atoms with van der Waals surface area (Å²) < 4.78 is 13.2. The van der Waals surface area contributed by atoms with E-state index in [-0.39, 0.29) is 30.6 Å². The average molecular weight is 391 g/mol. The van der Waals surface area contributed by atoms with Crippen LogP contribution >= 0.6 is 11.6 Å². The Balaban J connectivity index is 2.27. The molecule has 6 heteroatoms. The van der Waals surface area contributed by atoms with Crippen molar-refractivity contribution in [1.82, 2.24) is 10.2 Å². The molecule has 0 radical (unpaired) electrons. The molecule has 0 spiro atoms. The van der Waals surface area contributed by atoms with Crippen molar-refractivity contribution in [2.45, 2.75) is 39.3 Å². The molecule has 2 amide bonds. The van der Waals surface area contributed by atoms with Gasteiger partial charge in [0.1, 0.15) is 11.9 Å². The number of nitrogens with zero attached hydrogens (tertiary/aromatic N) is 1. The van der Waals surface area contributed by atoms with E-state index in [4.69, 9.17) is 11.6 Å². The lowest BCUT2D eigenvalue weighted by atomic mass is 10.1. The largest absolute Gasteiger partial charge is 0.355 e. The molecule has 0 aliphatic rings. The van der Waals surface area contributed by atoms with E-state index in [0.29, 0.717) is 18.0 Å². The van der Waals surface area contributed by atoms with Crippen molar-refractivity contribution < 1.29 is 14.0 Å². The minimum Gasteiger partial charge on any atom is -0.355 e. The number of hydrogen-bond donors (Lipinski definition) is 1. The molecular formula is C21H24ClFN2O2. The molecule has 0 fully saturated rings. The molecule has 0 aromatic heterocycles. The van der Waals surface area contributed by atoms with Crippen LogP contribution in [0.15, 0.2) is 48.5 Å². The van der Waals surface area contributed by atoms with Gasteiger partial charge in [0.15, 0.2) is 0 Å². The lowest BCUT2D eigenvalue weighted by Gasteiger charge is -2.30. The van der Waals surface area contributed by atoms with Crippen LogP contribution in [-0.2, 0) is 22.6 Å². The number of hydrogen-bond acceptors (Lipinski definition) is 2. The Kier molecular flexibility index (Phi) is 7.80. The Hall–Kier alpha value is -2.40. The zero-order chi connectivity index (χ0) is 19.8. The van der Waals surface area contributed by atoms with Crippen LogP contribution in [-0.4, -0.2) is 29.3 Å². The van der Waals surface area contributed by atoms with Gasteiger partial charge in [0.05, 0.1) is 6.42 Å². The summed E-state index contributed by atoms with van der Waals surface area (Å²) in [5, 5.41) is 3.34. The van der Waals surface area contributed by atoms with Crippen molar-refractivity contribution in [3.05, 3.63) is 70.5 Å². The van der Waals surface area contributed by atoms with Crippen LogP contribution in [0.3, 0.4) is 0 Å². The summed E-state index contributed by atoms with van der Waals surface area (Å²) >= 11 is 6.01. The molecular weight excluding hydrogens is 367 g/mol. The first kappa shape index (κ1) is 20.9. The fraction of sp³-hybridized carbons (Fsp3) is 0.333. The number of carbonyl (C=O) groups excluding carboxylic acids is 2. The lowest BCUT2D eigenvalue weighted by Crippen LogP contribution is -2.49. The van der Waals surface area contributed by atoms with Crippen molar-refractivity contribution in [2.75, 3.05) is 6.54 Å². The summed E-state index contributed by atoms with van der Waals surface area (Å²) in [5.41, 5.74) is 1.54. The summed E-state index contributed by atoms with van der Waals surface area (Å²) in [6, 6.07) is 12.5. The third-order valence-corrected chi connectivity index (χ3v) is 4.48. The topological polar surface area (TPSA) is 49.4 Å². The van der Waals surface area contributed by atoms with Gasteiger partial charge in [-0.15, -0.1) is 0 Å². The molecule has 0 unspecified atom stereocenters. The van der Waals surface area contributed by atoms with Gasteiger partial charge in [-0.05, 0) is 48.7 Å². The van der Waals surface area contributed by atoms with E-state index in [0.717, 1.165) is 11.1 Å². The minimum absolute atomic E-state index is 0.137. The maximum absolute atomic E-state index is 13.2. The van der Waals surface area contributed by atoms with Crippen molar-refractivity contribution >= 4 is 23.4 Å². The van der Waals surface area contributed by atoms with Crippen LogP contribution in [0.4, 0.5) is 4.39 Å². The fourth-order valence-corrected chi connectivity index (χ4v) is 3.13. The normalized spacial score (nSPS) is 11.7. The Morgan fingerprint density at radius 1 is 1.11 bits per heavy atom. The molecule has 0 heterocycles. The molecule has 1 N–H and O–H groups in total. The van der Waals surface area contributed by atoms with Crippen molar-refractivity contribution in [3.8, 4) is 0 Å². The van der Waals surface area contributed by atoms with E-state index in [2.05, 4.69) is 5.32 Å². The zero-order valence-corrected chi connectivity index (χ0v) is 16.3. The van der Waals surface area contributed by atoms with E-state index in [1.165, 1.54) is 12.1 Å². The number of likely N-dealkylation sites (N-methyl/N-ethyl adjacent to an activating group) is 1. The summed E-state index contributed by atoms with van der Waals surface area (Å²) in [7, 11) is 0. The summed E-state index contributed by atoms with van der Waals surface area (Å²) in [5.74, 6) is -0.715. The first-order valence-electron chi connectivity index (χ1n) is 9.00. The molecule has 2 aromatic carbocycles. The van der Waals surface area contributed by atoms with Crippen LogP contribution < -0.4 is 5.32 Å². The van der Waals surface area contributed by atoms with Crippen LogP contribution in [0, 0.1) is 5.82 Å². The van der Waals surface area contributed by atoms with E-state index in [1.54, 1.807) is 35.2 Å². The highest BCUT2D eigenvalue weighted by Crippen LogP contribution is 2.17. The van der Waals surface area contributed by atoms with E-state index in [9.17, 15) is 14.0 Å². The highest BCUT2D eigenvalue weighted by atomic mass is 35.5. The van der Waals surface area contributed by atoms with Gasteiger partial charge in [-0.25, -0.2) is 4.39 Å². The van der Waals surface area contributed by atoms with Gasteiger partial charge in [0, 0.05) is 18.1 Å². The second-order valence-corrected chi connectivity index (χ2v) is 6.71. The lowest BCUT2D eigenvalue weighted by molar-refractivity contribution is -0.140. The van der Waals surface area contributed by atoms with E-state index in [1.807, 2.05) is 19.9 Å². The Labute approximate surface area is 164 Å². The smallest absolute Gasteiger partial charge is 0.242 e. The Bertz CT molecular complexity index is 780. The van der Waals surface area contributed by atoms with Gasteiger partial charge in [0.25, 0.3) is 0 Å². The SMILES string of the molecule is CCNC(=O)[C@@H](CC)N(Cc1ccc(F)cc1)C(=O)Cc1cccc(Cl)c1. The number of carbonyl (C=O) groups is 2. The summed E-state index contributed by atoms with van der Waals surface area (Å²) in [4.78, 5) is 27.1. The van der Waals surface area contributed by atoms with Crippen LogP contribution in [0.5, 0.6) is 0 Å². The van der Waals surface area contributed by atoms with Gasteiger partial charge in [-0.3, -0.25) is 9.59 Å². The molecule has 4 nitrogen and oxygen atoms in total. The standard InChI is InChI=1S/C21H24ClFN2O2/c1-3-19(21(27)24-4-2)25(14-15-8-10-18(23)11-9-15)20(26)13-16-6-5-7-17(22)12-16/h5-12,19H,3-4,13-14H2,1-2H3,(H,24,27)/t19-/m1/s1. The van der Waals surface area contributed by atoms with Gasteiger partial charge in [0.2, 0.25) is 11.8 Å². The molecule has 0 aliphatic heterocycles. The van der Waals surface area contributed by atoms with Crippen molar-refractivity contribution in [2.24, 2.45) is 0 Å². The highest BCUT2D eigenvalue weighted by Gasteiger charge is 2.28. The summed E-state index contributed by atoms with van der Waals surface area (Å²) in [6.45, 7) is 4.42. The summed E-state index contributed by atoms with van der Waals surface area (Å²) in [6.07, 6.45) is 0.617. The molecule has 2 rings (SSSR count). The predicted molar refractivity (Wildman–Crippen MR) is 105 cm³/mol. The van der Waals surface area contributed by atoms with E-state index >= 15 is 0 Å². The second-order valence-electron chi connectivity index (χ2n) is 6.27. The molecule has 0 saturated heterocycles. The van der Waals surface area contributed by atoms with Gasteiger partial charge in [-0.2, -0.15) is 0 Å². The number of amides is 2. The van der Waals surface area contributed by atoms with Gasteiger partial charge < -0.3 is 10.2 Å². The minimum atomic E-state index is -0.596. The molecule has 0 bridgehead atoms. The number of halogens is 2. The number of nitrogens with one attached hydrogen (secondary N) is 1. The molecule has 0 aliphatic carbocycles. The second kappa shape index (κ2) is 10.1. The van der Waals surface area contributed by atoms with Gasteiger partial charge in [-0.1, -0.05) is 42.8 Å². The maximum Gasteiger partial charge on any atom is 0.242 e. The third kappa shape index (κ3) is 6.07. The molecule has 27 heavy (non-hydrogen) atoms. The molecule has 2 aromatic rings. The first-order valence-corrected chi connectivity index (χ1v) is 9.38. The Morgan fingerprint density at radius 2 is 1.81 bits per heavy atom. The number of benzene rings is 2. The predicted octanol–water partition coefficient (Wildman–Crippen LogP) is 3.97. The maximum atomic E-state index is 13.2. The number of rotatable bonds is 8. The van der Waals surface area contributed by atoms with Crippen LogP contribution in [0.25, 0.3) is 0 Å². The average Bonchev–Trinajstić information content (AvgIpc) is 2.63. The third-order valence-electron chi connectivity index (χ3n) is 4.25. The van der Waals surface area contributed by atoms with Crippen molar-refractivity contribution in [3.63, 3.8) is 0 Å². The molecule has 0 saturated carbocycles. The monoisotopic (exact) mass is 390 g/mol. The van der Waals surface area contributed by atoms with Crippen molar-refractivity contribution in [1.29, 1.82) is 0 Å². The molecule has 144 valence electrons. The fourth-order valence-electron chi connectivity index (χ4n) is 2.92. The Morgan fingerprint density at radius 3 is 2.41 bits per heavy atom. The van der Waals surface area contributed by atoms with Crippen LogP contribution in [0.2, 0.25) is 5.02 Å². The van der Waals surface area contributed by atoms with Crippen LogP contribution in [0.1, 0.15) is 31.4 Å². The van der Waals surface area contributed by atoms with Gasteiger partial charge >= 0.3 is 0 Å². The zero-order valence-electron chi connectivity index (χ0n) is 15.5. The quantitative estimate of drug-likeness (QED) is 0.741.